The summed E-state index contributed by atoms with van der Waals surface area (Å²) in [4.78, 5) is 40.6. The molecule has 214 valence electrons. The summed E-state index contributed by atoms with van der Waals surface area (Å²) in [5.74, 6) is -0.816. The monoisotopic (exact) mass is 539 g/mol. The van der Waals surface area contributed by atoms with Crippen LogP contribution >= 0.6 is 0 Å². The predicted octanol–water partition coefficient (Wildman–Crippen LogP) is 6.26. The van der Waals surface area contributed by atoms with Crippen molar-refractivity contribution in [3.63, 3.8) is 0 Å². The van der Waals surface area contributed by atoms with Crippen LogP contribution in [0.3, 0.4) is 0 Å². The van der Waals surface area contributed by atoms with E-state index in [1.807, 2.05) is 51.1 Å². The third-order valence-electron chi connectivity index (χ3n) is 5.91. The number of unbranched alkanes of at least 4 members (excludes halogenated alkanes) is 2. The summed E-state index contributed by atoms with van der Waals surface area (Å²) in [7, 11) is 0. The van der Waals surface area contributed by atoms with E-state index in [1.165, 1.54) is 11.0 Å². The molecule has 0 heterocycles. The van der Waals surface area contributed by atoms with Gasteiger partial charge < -0.3 is 15.6 Å². The van der Waals surface area contributed by atoms with Crippen molar-refractivity contribution in [1.29, 1.82) is 0 Å². The molecule has 0 radical (unpaired) electrons. The summed E-state index contributed by atoms with van der Waals surface area (Å²) in [5, 5.41) is 13.4. The summed E-state index contributed by atoms with van der Waals surface area (Å²) in [6, 6.07) is 11.3. The number of ether oxygens (including phenoxy) is 1. The molecule has 0 aliphatic heterocycles. The third kappa shape index (κ3) is 10.0. The fourth-order valence-corrected chi connectivity index (χ4v) is 4.22. The Hall–Kier alpha value is -3.39. The highest BCUT2D eigenvalue weighted by Gasteiger charge is 2.31. The van der Waals surface area contributed by atoms with Gasteiger partial charge in [-0.05, 0) is 56.2 Å². The Morgan fingerprint density at radius 2 is 1.64 bits per heavy atom. The van der Waals surface area contributed by atoms with Crippen LogP contribution in [0.1, 0.15) is 79.7 Å². The molecule has 0 saturated carbocycles. The Morgan fingerprint density at radius 3 is 2.21 bits per heavy atom. The first-order chi connectivity index (χ1) is 18.1. The van der Waals surface area contributed by atoms with E-state index in [2.05, 4.69) is 12.2 Å². The number of anilines is 1. The Kier molecular flexibility index (Phi) is 11.1. The van der Waals surface area contributed by atoms with E-state index in [-0.39, 0.29) is 35.7 Å². The van der Waals surface area contributed by atoms with Gasteiger partial charge in [0.1, 0.15) is 11.4 Å². The minimum absolute atomic E-state index is 0.0925. The summed E-state index contributed by atoms with van der Waals surface area (Å²) in [6.45, 7) is 13.5. The number of aromatic hydroxyl groups is 1. The molecule has 0 bridgehead atoms. The van der Waals surface area contributed by atoms with Gasteiger partial charge in [0.2, 0.25) is 11.8 Å². The predicted molar refractivity (Wildman–Crippen MR) is 155 cm³/mol. The van der Waals surface area contributed by atoms with Crippen molar-refractivity contribution in [2.75, 3.05) is 11.9 Å². The number of nitrogens with one attached hydrogen (secondary N) is 1. The molecule has 0 fully saturated rings. The van der Waals surface area contributed by atoms with Crippen molar-refractivity contribution < 1.29 is 24.2 Å². The second kappa shape index (κ2) is 13.6. The number of nitrogens with two attached hydrogens (primary N) is 1. The lowest BCUT2D eigenvalue weighted by Crippen LogP contribution is -2.50. The fraction of sp³-hybridized carbons (Fsp3) is 0.516. The molecule has 0 saturated heterocycles. The molecule has 0 aliphatic carbocycles. The summed E-state index contributed by atoms with van der Waals surface area (Å²) >= 11 is 0. The molecule has 2 aromatic carbocycles. The zero-order chi connectivity index (χ0) is 29.4. The Morgan fingerprint density at radius 1 is 1.00 bits per heavy atom. The summed E-state index contributed by atoms with van der Waals surface area (Å²) in [5.41, 5.74) is 7.48. The van der Waals surface area contributed by atoms with E-state index in [4.69, 9.17) is 10.5 Å². The van der Waals surface area contributed by atoms with Gasteiger partial charge in [-0.3, -0.25) is 19.8 Å². The molecule has 3 amide bonds. The molecule has 2 aromatic rings. The van der Waals surface area contributed by atoms with E-state index in [0.29, 0.717) is 24.0 Å². The topological polar surface area (TPSA) is 122 Å². The van der Waals surface area contributed by atoms with Gasteiger partial charge in [0.15, 0.2) is 0 Å². The SMILES string of the molecule is CCCCCC(=O)N(CC(C)(C)C)C(=O)[C@H](N)Cc1ccc(O)c(NC(=O)OC(C)(C)C)c1-c1ccccc1. The van der Waals surface area contributed by atoms with Gasteiger partial charge in [0.25, 0.3) is 0 Å². The van der Waals surface area contributed by atoms with Gasteiger partial charge >= 0.3 is 6.09 Å². The number of phenols is 1. The quantitative estimate of drug-likeness (QED) is 0.242. The van der Waals surface area contributed by atoms with E-state index in [1.54, 1.807) is 26.8 Å². The summed E-state index contributed by atoms with van der Waals surface area (Å²) in [6.07, 6.45) is 2.27. The first kappa shape index (κ1) is 31.8. The Balaban J connectivity index is 2.46. The molecule has 0 aromatic heterocycles. The first-order valence-corrected chi connectivity index (χ1v) is 13.6. The molecule has 4 N–H and O–H groups in total. The maximum atomic E-state index is 13.6. The van der Waals surface area contributed by atoms with Crippen molar-refractivity contribution in [3.8, 4) is 16.9 Å². The number of rotatable bonds is 10. The van der Waals surface area contributed by atoms with Crippen LogP contribution in [0.5, 0.6) is 5.75 Å². The maximum absolute atomic E-state index is 13.6. The molecular weight excluding hydrogens is 494 g/mol. The lowest BCUT2D eigenvalue weighted by molar-refractivity contribution is -0.147. The standard InChI is InChI=1S/C31H45N3O5/c1-8-9-11-16-25(36)34(20-30(2,3)4)28(37)23(32)19-22-17-18-24(35)27(33-29(38)39-31(5,6)7)26(22)21-14-12-10-13-15-21/h10,12-15,17-18,23,35H,8-9,11,16,19-20,32H2,1-7H3,(H,33,38)/t23-/m1/s1. The molecule has 8 heteroatoms. The number of nitrogens with zero attached hydrogens (tertiary/aromatic N) is 1. The highest BCUT2D eigenvalue weighted by Crippen LogP contribution is 2.39. The van der Waals surface area contributed by atoms with E-state index in [0.717, 1.165) is 18.4 Å². The summed E-state index contributed by atoms with van der Waals surface area (Å²) < 4.78 is 5.41. The Bertz CT molecular complexity index is 1130. The minimum Gasteiger partial charge on any atom is -0.506 e. The molecule has 0 aliphatic rings. The van der Waals surface area contributed by atoms with E-state index in [9.17, 15) is 19.5 Å². The highest BCUT2D eigenvalue weighted by molar-refractivity contribution is 5.99. The van der Waals surface area contributed by atoms with Crippen LogP contribution in [0.15, 0.2) is 42.5 Å². The number of benzene rings is 2. The molecule has 0 spiro atoms. The number of amides is 3. The van der Waals surface area contributed by atoms with Crippen molar-refractivity contribution in [3.05, 3.63) is 48.0 Å². The second-order valence-corrected chi connectivity index (χ2v) is 12.1. The van der Waals surface area contributed by atoms with Crippen molar-refractivity contribution in [2.45, 2.75) is 92.2 Å². The molecule has 39 heavy (non-hydrogen) atoms. The second-order valence-electron chi connectivity index (χ2n) is 12.1. The Labute approximate surface area is 232 Å². The number of carbonyl (C=O) groups is 3. The van der Waals surface area contributed by atoms with E-state index >= 15 is 0 Å². The molecular formula is C31H45N3O5. The van der Waals surface area contributed by atoms with Crippen LogP contribution in [0.4, 0.5) is 10.5 Å². The van der Waals surface area contributed by atoms with Crippen molar-refractivity contribution >= 4 is 23.6 Å². The molecule has 0 unspecified atom stereocenters. The van der Waals surface area contributed by atoms with Crippen molar-refractivity contribution in [2.24, 2.45) is 11.1 Å². The normalized spacial score (nSPS) is 12.5. The minimum atomic E-state index is -1.01. The largest absolute Gasteiger partial charge is 0.506 e. The van der Waals surface area contributed by atoms with Gasteiger partial charge in [-0.15, -0.1) is 0 Å². The molecule has 8 nitrogen and oxygen atoms in total. The lowest BCUT2D eigenvalue weighted by Gasteiger charge is -2.31. The molecule has 2 rings (SSSR count). The number of hydrogen-bond acceptors (Lipinski definition) is 6. The van der Waals surface area contributed by atoms with Crippen molar-refractivity contribution in [1.82, 2.24) is 4.90 Å². The first-order valence-electron chi connectivity index (χ1n) is 13.6. The zero-order valence-corrected chi connectivity index (χ0v) is 24.5. The number of phenolic OH excluding ortho intramolecular Hbond substituents is 1. The zero-order valence-electron chi connectivity index (χ0n) is 24.5. The van der Waals surface area contributed by atoms with Crippen LogP contribution in [0.25, 0.3) is 11.1 Å². The van der Waals surface area contributed by atoms with Crippen LogP contribution in [0, 0.1) is 5.41 Å². The van der Waals surface area contributed by atoms with Gasteiger partial charge in [0.05, 0.1) is 11.7 Å². The van der Waals surface area contributed by atoms with Gasteiger partial charge in [0, 0.05) is 18.5 Å². The van der Waals surface area contributed by atoms with Gasteiger partial charge in [-0.1, -0.05) is 76.9 Å². The fourth-order valence-electron chi connectivity index (χ4n) is 4.22. The number of imide groups is 1. The lowest BCUT2D eigenvalue weighted by atomic mass is 9.92. The third-order valence-corrected chi connectivity index (χ3v) is 5.91. The number of hydrogen-bond donors (Lipinski definition) is 3. The van der Waals surface area contributed by atoms with Gasteiger partial charge in [-0.2, -0.15) is 0 Å². The van der Waals surface area contributed by atoms with Crippen LogP contribution in [-0.2, 0) is 20.7 Å². The van der Waals surface area contributed by atoms with E-state index < -0.39 is 23.6 Å². The molecule has 1 atom stereocenters. The average molecular weight is 540 g/mol. The van der Waals surface area contributed by atoms with Crippen LogP contribution in [-0.4, -0.2) is 46.1 Å². The van der Waals surface area contributed by atoms with Gasteiger partial charge in [-0.25, -0.2) is 4.79 Å². The average Bonchev–Trinajstić information content (AvgIpc) is 2.83. The maximum Gasteiger partial charge on any atom is 0.412 e. The smallest absolute Gasteiger partial charge is 0.412 e. The highest BCUT2D eigenvalue weighted by atomic mass is 16.6. The van der Waals surface area contributed by atoms with Crippen LogP contribution < -0.4 is 11.1 Å². The van der Waals surface area contributed by atoms with Crippen LogP contribution in [0.2, 0.25) is 0 Å². The number of carbonyl (C=O) groups excluding carboxylic acids is 3.